The average molecular weight is 354 g/mol. The van der Waals surface area contributed by atoms with Crippen LogP contribution >= 0.6 is 27.5 Å². The van der Waals surface area contributed by atoms with Crippen molar-refractivity contribution in [2.24, 2.45) is 0 Å². The maximum atomic E-state index is 6.26. The zero-order chi connectivity index (χ0) is 14.3. The van der Waals surface area contributed by atoms with Crippen LogP contribution in [0.1, 0.15) is 50.5 Å². The van der Waals surface area contributed by atoms with E-state index >= 15 is 0 Å². The van der Waals surface area contributed by atoms with E-state index < -0.39 is 0 Å². The molecule has 0 fully saturated rings. The van der Waals surface area contributed by atoms with Crippen molar-refractivity contribution in [3.05, 3.63) is 40.0 Å². The number of imidazole rings is 1. The third-order valence-corrected chi connectivity index (χ3v) is 4.42. The largest absolute Gasteiger partial charge is 0.291 e. The summed E-state index contributed by atoms with van der Waals surface area (Å²) in [5, 5.41) is 0.489. The van der Waals surface area contributed by atoms with Gasteiger partial charge in [-0.3, -0.25) is 4.40 Å². The van der Waals surface area contributed by atoms with E-state index in [1.54, 1.807) is 0 Å². The zero-order valence-electron chi connectivity index (χ0n) is 11.5. The molecule has 0 spiro atoms. The molecule has 0 aliphatic heterocycles. The normalized spacial score (nSPS) is 15.9. The number of fused-ring (bicyclic) bond motifs is 1. The zero-order valence-corrected chi connectivity index (χ0v) is 13.9. The van der Waals surface area contributed by atoms with Gasteiger partial charge in [0.2, 0.25) is 0 Å². The highest BCUT2D eigenvalue weighted by molar-refractivity contribution is 9.10. The Bertz CT molecular complexity index is 688. The molecule has 3 nitrogen and oxygen atoms in total. The molecule has 105 valence electrons. The second kappa shape index (κ2) is 5.49. The van der Waals surface area contributed by atoms with Gasteiger partial charge in [-0.1, -0.05) is 31.5 Å². The second-order valence-corrected chi connectivity index (χ2v) is 6.44. The SMILES string of the molecule is CC(C)c1nc(Br)c2c(Cl)ncc(C3=CC[CH]CC3)n12. The summed E-state index contributed by atoms with van der Waals surface area (Å²) >= 11 is 9.78. The summed E-state index contributed by atoms with van der Waals surface area (Å²) in [6.07, 6.45) is 9.62. The Kier molecular flexibility index (Phi) is 3.87. The number of aromatic nitrogens is 3. The van der Waals surface area contributed by atoms with Gasteiger partial charge in [-0.25, -0.2) is 9.97 Å². The Morgan fingerprint density at radius 3 is 2.85 bits per heavy atom. The van der Waals surface area contributed by atoms with Crippen LogP contribution in [0.5, 0.6) is 0 Å². The molecule has 0 atom stereocenters. The highest BCUT2D eigenvalue weighted by atomic mass is 79.9. The van der Waals surface area contributed by atoms with Crippen LogP contribution in [0.15, 0.2) is 16.9 Å². The fourth-order valence-electron chi connectivity index (χ4n) is 2.62. The van der Waals surface area contributed by atoms with Gasteiger partial charge in [-0.05, 0) is 47.2 Å². The standard InChI is InChI=1S/C15H16BrClN3/c1-9(2)15-19-13(16)12-14(17)18-8-11(20(12)15)10-6-4-3-5-7-10/h3,6,8-9H,4-5,7H2,1-2H3. The summed E-state index contributed by atoms with van der Waals surface area (Å²) in [6, 6.07) is 0. The maximum Gasteiger partial charge on any atom is 0.155 e. The number of hydrogen-bond donors (Lipinski definition) is 0. The molecule has 2 aromatic rings. The van der Waals surface area contributed by atoms with Gasteiger partial charge in [-0.2, -0.15) is 0 Å². The Balaban J connectivity index is 2.32. The molecule has 1 aliphatic carbocycles. The molecule has 0 saturated heterocycles. The van der Waals surface area contributed by atoms with E-state index in [1.807, 2.05) is 6.20 Å². The monoisotopic (exact) mass is 352 g/mol. The van der Waals surface area contributed by atoms with E-state index in [9.17, 15) is 0 Å². The summed E-state index contributed by atoms with van der Waals surface area (Å²) in [5.74, 6) is 1.34. The fraction of sp³-hybridized carbons (Fsp3) is 0.400. The van der Waals surface area contributed by atoms with Crippen LogP contribution in [0, 0.1) is 6.42 Å². The minimum absolute atomic E-state index is 0.321. The number of hydrogen-bond acceptors (Lipinski definition) is 2. The average Bonchev–Trinajstić information content (AvgIpc) is 2.79. The van der Waals surface area contributed by atoms with Crippen molar-refractivity contribution in [1.29, 1.82) is 0 Å². The molecular weight excluding hydrogens is 338 g/mol. The molecule has 2 aromatic heterocycles. The van der Waals surface area contributed by atoms with Gasteiger partial charge >= 0.3 is 0 Å². The first-order chi connectivity index (χ1) is 9.59. The third-order valence-electron chi connectivity index (χ3n) is 3.59. The molecule has 0 aromatic carbocycles. The molecule has 0 amide bonds. The topological polar surface area (TPSA) is 30.2 Å². The van der Waals surface area contributed by atoms with E-state index in [4.69, 9.17) is 11.6 Å². The van der Waals surface area contributed by atoms with Crippen LogP contribution in [0.2, 0.25) is 5.15 Å². The summed E-state index contributed by atoms with van der Waals surface area (Å²) in [7, 11) is 0. The van der Waals surface area contributed by atoms with Gasteiger partial charge in [0, 0.05) is 5.92 Å². The molecule has 5 heteroatoms. The van der Waals surface area contributed by atoms with Crippen molar-refractivity contribution in [2.75, 3.05) is 0 Å². The lowest BCUT2D eigenvalue weighted by Crippen LogP contribution is -2.06. The van der Waals surface area contributed by atoms with Gasteiger partial charge < -0.3 is 0 Å². The molecule has 3 rings (SSSR count). The van der Waals surface area contributed by atoms with Gasteiger partial charge in [0.25, 0.3) is 0 Å². The Morgan fingerprint density at radius 2 is 2.20 bits per heavy atom. The first-order valence-corrected chi connectivity index (χ1v) is 8.00. The van der Waals surface area contributed by atoms with Gasteiger partial charge in [0.15, 0.2) is 5.15 Å². The van der Waals surface area contributed by atoms with Crippen molar-refractivity contribution < 1.29 is 0 Å². The van der Waals surface area contributed by atoms with Crippen molar-refractivity contribution in [2.45, 2.75) is 39.0 Å². The predicted molar refractivity (Wildman–Crippen MR) is 85.9 cm³/mol. The molecule has 1 radical (unpaired) electrons. The van der Waals surface area contributed by atoms with Crippen LogP contribution < -0.4 is 0 Å². The quantitative estimate of drug-likeness (QED) is 0.757. The van der Waals surface area contributed by atoms with Crippen molar-refractivity contribution >= 4 is 38.6 Å². The lowest BCUT2D eigenvalue weighted by atomic mass is 9.97. The number of allylic oxidation sites excluding steroid dienone is 2. The van der Waals surface area contributed by atoms with E-state index in [1.165, 1.54) is 5.57 Å². The van der Waals surface area contributed by atoms with Crippen molar-refractivity contribution in [1.82, 2.24) is 14.4 Å². The summed E-state index contributed by atoms with van der Waals surface area (Å²) in [5.41, 5.74) is 3.30. The van der Waals surface area contributed by atoms with E-state index in [2.05, 4.69) is 56.6 Å². The lowest BCUT2D eigenvalue weighted by Gasteiger charge is -2.16. The van der Waals surface area contributed by atoms with E-state index in [0.29, 0.717) is 11.1 Å². The number of nitrogens with zero attached hydrogens (tertiary/aromatic N) is 3. The van der Waals surface area contributed by atoms with Crippen LogP contribution in [-0.4, -0.2) is 14.4 Å². The van der Waals surface area contributed by atoms with Crippen LogP contribution in [0.4, 0.5) is 0 Å². The van der Waals surface area contributed by atoms with Crippen molar-refractivity contribution in [3.63, 3.8) is 0 Å². The van der Waals surface area contributed by atoms with Gasteiger partial charge in [0.05, 0.1) is 11.9 Å². The molecule has 2 heterocycles. The number of rotatable bonds is 2. The fourth-order valence-corrected chi connectivity index (χ4v) is 3.50. The molecule has 1 aliphatic rings. The van der Waals surface area contributed by atoms with Crippen LogP contribution in [-0.2, 0) is 0 Å². The highest BCUT2D eigenvalue weighted by Crippen LogP contribution is 2.33. The maximum absolute atomic E-state index is 6.26. The molecule has 0 saturated carbocycles. The van der Waals surface area contributed by atoms with Crippen LogP contribution in [0.25, 0.3) is 11.1 Å². The highest BCUT2D eigenvalue weighted by Gasteiger charge is 2.20. The predicted octanol–water partition coefficient (Wildman–Crippen LogP) is 5.04. The number of halogens is 2. The first-order valence-electron chi connectivity index (χ1n) is 6.83. The van der Waals surface area contributed by atoms with Gasteiger partial charge in [-0.15, -0.1) is 0 Å². The summed E-state index contributed by atoms with van der Waals surface area (Å²) in [6.45, 7) is 4.28. The minimum Gasteiger partial charge on any atom is -0.291 e. The second-order valence-electron chi connectivity index (χ2n) is 5.33. The summed E-state index contributed by atoms with van der Waals surface area (Å²) < 4.78 is 2.92. The Hall–Kier alpha value is -0.870. The van der Waals surface area contributed by atoms with Crippen LogP contribution in [0.3, 0.4) is 0 Å². The minimum atomic E-state index is 0.321. The first kappa shape index (κ1) is 14.1. The Morgan fingerprint density at radius 1 is 1.40 bits per heavy atom. The van der Waals surface area contributed by atoms with E-state index in [-0.39, 0.29) is 0 Å². The van der Waals surface area contributed by atoms with E-state index in [0.717, 1.165) is 40.9 Å². The molecule has 0 unspecified atom stereocenters. The molecule has 0 bridgehead atoms. The lowest BCUT2D eigenvalue weighted by molar-refractivity contribution is 0.760. The van der Waals surface area contributed by atoms with Crippen molar-refractivity contribution in [3.8, 4) is 0 Å². The molecule has 20 heavy (non-hydrogen) atoms. The van der Waals surface area contributed by atoms with Gasteiger partial charge in [0.1, 0.15) is 15.9 Å². The molecular formula is C15H16BrClN3. The smallest absolute Gasteiger partial charge is 0.155 e. The third kappa shape index (κ3) is 2.29. The Labute approximate surface area is 132 Å². The summed E-state index contributed by atoms with van der Waals surface area (Å²) in [4.78, 5) is 8.97. The molecule has 0 N–H and O–H groups in total.